The number of carbonyl (C=O) groups is 2. The maximum atomic E-state index is 13.7. The molecule has 0 fully saturated rings. The predicted molar refractivity (Wildman–Crippen MR) is 120 cm³/mol. The van der Waals surface area contributed by atoms with Crippen LogP contribution in [0.25, 0.3) is 0 Å². The van der Waals surface area contributed by atoms with Gasteiger partial charge in [-0.05, 0) is 41.3 Å². The van der Waals surface area contributed by atoms with E-state index in [9.17, 15) is 19.8 Å². The number of aliphatic carboxylic acids is 1. The lowest BCUT2D eigenvalue weighted by atomic mass is 9.78. The third kappa shape index (κ3) is 3.97. The zero-order valence-electron chi connectivity index (χ0n) is 17.7. The fourth-order valence-electron chi connectivity index (χ4n) is 4.51. The summed E-state index contributed by atoms with van der Waals surface area (Å²) in [5, 5.41) is 20.6. The third-order valence-corrected chi connectivity index (χ3v) is 6.02. The molecular weight excluding hydrogens is 406 g/mol. The van der Waals surface area contributed by atoms with Crippen molar-refractivity contribution in [3.05, 3.63) is 101 Å². The second-order valence-electron chi connectivity index (χ2n) is 7.86. The number of carboxylic acid groups (broad SMARTS) is 1. The van der Waals surface area contributed by atoms with E-state index in [1.54, 1.807) is 60.5 Å². The maximum Gasteiger partial charge on any atom is 0.313 e. The Labute approximate surface area is 186 Å². The largest absolute Gasteiger partial charge is 0.497 e. The molecular formula is C26H25NO5. The zero-order valence-corrected chi connectivity index (χ0v) is 17.7. The van der Waals surface area contributed by atoms with E-state index in [1.165, 1.54) is 0 Å². The smallest absolute Gasteiger partial charge is 0.313 e. The summed E-state index contributed by atoms with van der Waals surface area (Å²) in [5.41, 5.74) is 2.47. The molecule has 0 bridgehead atoms. The quantitative estimate of drug-likeness (QED) is 0.596. The molecule has 0 radical (unpaired) electrons. The lowest BCUT2D eigenvalue weighted by molar-refractivity contribution is -0.141. The number of hydrogen-bond acceptors (Lipinski definition) is 4. The lowest BCUT2D eigenvalue weighted by Crippen LogP contribution is -2.52. The van der Waals surface area contributed by atoms with E-state index in [0.29, 0.717) is 28.9 Å². The zero-order chi connectivity index (χ0) is 22.7. The van der Waals surface area contributed by atoms with Gasteiger partial charge in [0.05, 0.1) is 25.8 Å². The van der Waals surface area contributed by atoms with Crippen LogP contribution in [-0.4, -0.2) is 46.7 Å². The normalized spacial score (nSPS) is 18.7. The summed E-state index contributed by atoms with van der Waals surface area (Å²) in [7, 11) is 1.56. The van der Waals surface area contributed by atoms with Gasteiger partial charge in [-0.15, -0.1) is 0 Å². The second-order valence-corrected chi connectivity index (χ2v) is 7.86. The molecule has 3 atom stereocenters. The molecule has 0 saturated heterocycles. The molecule has 32 heavy (non-hydrogen) atoms. The van der Waals surface area contributed by atoms with Crippen molar-refractivity contribution in [3.63, 3.8) is 0 Å². The van der Waals surface area contributed by atoms with E-state index in [4.69, 9.17) is 4.74 Å². The molecule has 164 valence electrons. The number of hydrogen-bond donors (Lipinski definition) is 2. The van der Waals surface area contributed by atoms with Crippen LogP contribution in [-0.2, 0) is 11.2 Å². The average Bonchev–Trinajstić information content (AvgIpc) is 2.83. The first-order valence-electron chi connectivity index (χ1n) is 10.5. The Morgan fingerprint density at radius 1 is 1.00 bits per heavy atom. The molecule has 6 nitrogen and oxygen atoms in total. The first kappa shape index (κ1) is 21.6. The molecule has 2 N–H and O–H groups in total. The van der Waals surface area contributed by atoms with Crippen LogP contribution < -0.4 is 4.74 Å². The minimum Gasteiger partial charge on any atom is -0.497 e. The van der Waals surface area contributed by atoms with Crippen LogP contribution in [0.1, 0.15) is 39.0 Å². The first-order chi connectivity index (χ1) is 15.5. The summed E-state index contributed by atoms with van der Waals surface area (Å²) >= 11 is 0. The van der Waals surface area contributed by atoms with Gasteiger partial charge in [0.25, 0.3) is 5.91 Å². The van der Waals surface area contributed by atoms with Crippen LogP contribution in [0, 0.1) is 0 Å². The van der Waals surface area contributed by atoms with Gasteiger partial charge in [-0.3, -0.25) is 9.59 Å². The van der Waals surface area contributed by atoms with Crippen molar-refractivity contribution in [2.75, 3.05) is 13.7 Å². The number of benzene rings is 3. The molecule has 4 rings (SSSR count). The van der Waals surface area contributed by atoms with Crippen molar-refractivity contribution in [2.24, 2.45) is 0 Å². The number of methoxy groups -OCH3 is 1. The Kier molecular flexibility index (Phi) is 6.23. The Morgan fingerprint density at radius 2 is 1.66 bits per heavy atom. The lowest BCUT2D eigenvalue weighted by Gasteiger charge is -2.44. The van der Waals surface area contributed by atoms with Gasteiger partial charge in [0.2, 0.25) is 0 Å². The topological polar surface area (TPSA) is 87.1 Å². The molecule has 6 heteroatoms. The molecule has 3 aromatic carbocycles. The van der Waals surface area contributed by atoms with Crippen molar-refractivity contribution in [3.8, 4) is 5.75 Å². The summed E-state index contributed by atoms with van der Waals surface area (Å²) in [6.45, 7) is -0.290. The summed E-state index contributed by atoms with van der Waals surface area (Å²) in [6, 6.07) is 22.1. The monoisotopic (exact) mass is 431 g/mol. The fraction of sp³-hybridized carbons (Fsp3) is 0.231. The molecule has 1 amide bonds. The number of rotatable bonds is 7. The number of nitrogens with zero attached hydrogens (tertiary/aromatic N) is 1. The van der Waals surface area contributed by atoms with Crippen molar-refractivity contribution in [2.45, 2.75) is 24.4 Å². The van der Waals surface area contributed by atoms with Gasteiger partial charge < -0.3 is 19.8 Å². The van der Waals surface area contributed by atoms with Gasteiger partial charge in [0.1, 0.15) is 11.7 Å². The van der Waals surface area contributed by atoms with Gasteiger partial charge >= 0.3 is 5.97 Å². The number of aliphatic hydroxyl groups excluding tert-OH is 1. The van der Waals surface area contributed by atoms with Gasteiger partial charge in [0.15, 0.2) is 0 Å². The van der Waals surface area contributed by atoms with Gasteiger partial charge in [-0.2, -0.15) is 0 Å². The maximum absolute atomic E-state index is 13.7. The number of carbonyl (C=O) groups excluding carboxylic acids is 1. The summed E-state index contributed by atoms with van der Waals surface area (Å²) in [6.07, 6.45) is 0.407. The van der Waals surface area contributed by atoms with Gasteiger partial charge in [0, 0.05) is 5.56 Å². The predicted octanol–water partition coefficient (Wildman–Crippen LogP) is 3.66. The van der Waals surface area contributed by atoms with E-state index in [2.05, 4.69) is 0 Å². The molecule has 0 saturated carbocycles. The molecule has 0 aliphatic carbocycles. The van der Waals surface area contributed by atoms with Crippen LogP contribution in [0.3, 0.4) is 0 Å². The Bertz CT molecular complexity index is 1100. The minimum atomic E-state index is -1.02. The van der Waals surface area contributed by atoms with Crippen LogP contribution >= 0.6 is 0 Å². The number of ether oxygens (including phenoxy) is 1. The van der Waals surface area contributed by atoms with Crippen molar-refractivity contribution < 1.29 is 24.5 Å². The molecule has 1 aliphatic rings. The summed E-state index contributed by atoms with van der Waals surface area (Å²) in [4.78, 5) is 27.8. The highest BCUT2D eigenvalue weighted by Crippen LogP contribution is 2.44. The summed E-state index contributed by atoms with van der Waals surface area (Å²) < 4.78 is 5.25. The molecule has 0 unspecified atom stereocenters. The van der Waals surface area contributed by atoms with E-state index in [-0.39, 0.29) is 12.5 Å². The number of aliphatic hydroxyl groups is 1. The number of carboxylic acids is 1. The molecule has 0 spiro atoms. The van der Waals surface area contributed by atoms with E-state index >= 15 is 0 Å². The number of amides is 1. The van der Waals surface area contributed by atoms with E-state index in [0.717, 1.165) is 5.56 Å². The Balaban J connectivity index is 1.86. The van der Waals surface area contributed by atoms with E-state index < -0.39 is 24.0 Å². The SMILES string of the molecule is COc1ccc([C@H]2[C@H](C(=O)O)c3ccccc3C(=O)N2[C@H](CO)Cc2ccccc2)cc1. The van der Waals surface area contributed by atoms with Crippen molar-refractivity contribution >= 4 is 11.9 Å². The fourth-order valence-corrected chi connectivity index (χ4v) is 4.51. The number of fused-ring (bicyclic) bond motifs is 1. The molecule has 3 aromatic rings. The highest BCUT2D eigenvalue weighted by atomic mass is 16.5. The molecule has 1 aliphatic heterocycles. The average molecular weight is 431 g/mol. The Morgan fingerprint density at radius 3 is 2.28 bits per heavy atom. The van der Waals surface area contributed by atoms with Crippen LogP contribution in [0.4, 0.5) is 0 Å². The minimum absolute atomic E-state index is 0.283. The highest BCUT2D eigenvalue weighted by Gasteiger charge is 2.46. The second kappa shape index (κ2) is 9.24. The van der Waals surface area contributed by atoms with E-state index in [1.807, 2.05) is 30.3 Å². The molecule has 1 heterocycles. The van der Waals surface area contributed by atoms with Crippen LogP contribution in [0.15, 0.2) is 78.9 Å². The van der Waals surface area contributed by atoms with Crippen LogP contribution in [0.5, 0.6) is 5.75 Å². The third-order valence-electron chi connectivity index (χ3n) is 6.02. The summed E-state index contributed by atoms with van der Waals surface area (Å²) in [5.74, 6) is -1.64. The highest BCUT2D eigenvalue weighted by molar-refractivity contribution is 6.00. The standard InChI is InChI=1S/C26H25NO5/c1-32-20-13-11-18(12-14-20)24-23(26(30)31)21-9-5-6-10-22(21)25(29)27(24)19(16-28)15-17-7-3-2-4-8-17/h2-14,19,23-24,28H,15-16H2,1H3,(H,30,31)/t19-,23+,24-/m0/s1. The van der Waals surface area contributed by atoms with Crippen molar-refractivity contribution in [1.29, 1.82) is 0 Å². The van der Waals surface area contributed by atoms with Crippen LogP contribution in [0.2, 0.25) is 0 Å². The Hall–Kier alpha value is -3.64. The molecule has 0 aromatic heterocycles. The van der Waals surface area contributed by atoms with Gasteiger partial charge in [-0.1, -0.05) is 60.7 Å². The van der Waals surface area contributed by atoms with Gasteiger partial charge in [-0.25, -0.2) is 0 Å². The first-order valence-corrected chi connectivity index (χ1v) is 10.5. The van der Waals surface area contributed by atoms with Crippen molar-refractivity contribution in [1.82, 2.24) is 4.90 Å².